The number of nitrogen functional groups attached to an aromatic ring is 1. The lowest BCUT2D eigenvalue weighted by atomic mass is 10.0. The van der Waals surface area contributed by atoms with Crippen molar-refractivity contribution in [3.05, 3.63) is 23.8 Å². The Morgan fingerprint density at radius 3 is 2.35 bits per heavy atom. The van der Waals surface area contributed by atoms with Crippen LogP contribution in [0.3, 0.4) is 0 Å². The fourth-order valence-electron chi connectivity index (χ4n) is 1.68. The summed E-state index contributed by atoms with van der Waals surface area (Å²) in [4.78, 5) is 16.4. The number of nitrogens with one attached hydrogen (secondary N) is 1. The van der Waals surface area contributed by atoms with Gasteiger partial charge in [0, 0.05) is 37.6 Å². The fraction of sp³-hybridized carbons (Fsp3) is 0.533. The van der Waals surface area contributed by atoms with Crippen LogP contribution in [-0.4, -0.2) is 51.1 Å². The SMILES string of the molecule is CN(C)c1ccc(N)cc1C(=O)NCC(C)(C)N(C)C. The average molecular weight is 278 g/mol. The molecule has 112 valence electrons. The van der Waals surface area contributed by atoms with Gasteiger partial charge in [-0.3, -0.25) is 4.79 Å². The van der Waals surface area contributed by atoms with Gasteiger partial charge in [0.2, 0.25) is 0 Å². The van der Waals surface area contributed by atoms with E-state index in [9.17, 15) is 4.79 Å². The number of benzene rings is 1. The zero-order valence-electron chi connectivity index (χ0n) is 13.3. The second kappa shape index (κ2) is 6.13. The second-order valence-corrected chi connectivity index (χ2v) is 6.06. The Labute approximate surface area is 121 Å². The Morgan fingerprint density at radius 1 is 1.25 bits per heavy atom. The molecule has 1 aromatic carbocycles. The van der Waals surface area contributed by atoms with E-state index in [4.69, 9.17) is 5.73 Å². The van der Waals surface area contributed by atoms with Gasteiger partial charge in [-0.1, -0.05) is 0 Å². The van der Waals surface area contributed by atoms with Gasteiger partial charge in [0.05, 0.1) is 5.56 Å². The van der Waals surface area contributed by atoms with Gasteiger partial charge in [-0.2, -0.15) is 0 Å². The highest BCUT2D eigenvalue weighted by molar-refractivity contribution is 6.00. The quantitative estimate of drug-likeness (QED) is 0.799. The molecule has 0 spiro atoms. The Morgan fingerprint density at radius 2 is 1.85 bits per heavy atom. The molecule has 20 heavy (non-hydrogen) atoms. The molecule has 0 heterocycles. The smallest absolute Gasteiger partial charge is 0.253 e. The van der Waals surface area contributed by atoms with Crippen molar-refractivity contribution >= 4 is 17.3 Å². The lowest BCUT2D eigenvalue weighted by molar-refractivity contribution is 0.0920. The third-order valence-corrected chi connectivity index (χ3v) is 3.64. The molecule has 3 N–H and O–H groups in total. The second-order valence-electron chi connectivity index (χ2n) is 6.06. The minimum Gasteiger partial charge on any atom is -0.399 e. The third kappa shape index (κ3) is 3.87. The van der Waals surface area contributed by atoms with Crippen LogP contribution in [0.15, 0.2) is 18.2 Å². The lowest BCUT2D eigenvalue weighted by Crippen LogP contribution is -2.48. The Kier molecular flexibility index (Phi) is 5.00. The number of amides is 1. The maximum atomic E-state index is 12.4. The third-order valence-electron chi connectivity index (χ3n) is 3.64. The molecular weight excluding hydrogens is 252 g/mol. The molecule has 0 fully saturated rings. The van der Waals surface area contributed by atoms with Gasteiger partial charge < -0.3 is 20.9 Å². The molecule has 1 aromatic rings. The number of nitrogens with zero attached hydrogens (tertiary/aromatic N) is 2. The van der Waals surface area contributed by atoms with Crippen molar-refractivity contribution in [1.82, 2.24) is 10.2 Å². The number of anilines is 2. The summed E-state index contributed by atoms with van der Waals surface area (Å²) >= 11 is 0. The summed E-state index contributed by atoms with van der Waals surface area (Å²) < 4.78 is 0. The fourth-order valence-corrected chi connectivity index (χ4v) is 1.68. The van der Waals surface area contributed by atoms with Gasteiger partial charge in [-0.25, -0.2) is 0 Å². The Balaban J connectivity index is 2.90. The van der Waals surface area contributed by atoms with E-state index in [2.05, 4.69) is 24.1 Å². The van der Waals surface area contributed by atoms with E-state index in [1.54, 1.807) is 12.1 Å². The van der Waals surface area contributed by atoms with Crippen LogP contribution >= 0.6 is 0 Å². The molecule has 0 radical (unpaired) electrons. The molecule has 1 rings (SSSR count). The highest BCUT2D eigenvalue weighted by Gasteiger charge is 2.22. The van der Waals surface area contributed by atoms with Crippen LogP contribution in [0.5, 0.6) is 0 Å². The number of rotatable bonds is 5. The van der Waals surface area contributed by atoms with Crippen LogP contribution in [0, 0.1) is 0 Å². The minimum absolute atomic E-state index is 0.101. The zero-order valence-corrected chi connectivity index (χ0v) is 13.3. The highest BCUT2D eigenvalue weighted by Crippen LogP contribution is 2.21. The van der Waals surface area contributed by atoms with Crippen LogP contribution in [-0.2, 0) is 0 Å². The van der Waals surface area contributed by atoms with Crippen LogP contribution in [0.2, 0.25) is 0 Å². The van der Waals surface area contributed by atoms with E-state index in [-0.39, 0.29) is 11.4 Å². The molecule has 5 nitrogen and oxygen atoms in total. The van der Waals surface area contributed by atoms with Crippen molar-refractivity contribution in [3.8, 4) is 0 Å². The van der Waals surface area contributed by atoms with E-state index in [1.165, 1.54) is 0 Å². The van der Waals surface area contributed by atoms with Crippen molar-refractivity contribution in [1.29, 1.82) is 0 Å². The predicted molar refractivity (Wildman–Crippen MR) is 85.3 cm³/mol. The summed E-state index contributed by atoms with van der Waals surface area (Å²) in [7, 11) is 7.81. The number of hydrogen-bond donors (Lipinski definition) is 2. The van der Waals surface area contributed by atoms with Crippen molar-refractivity contribution in [2.75, 3.05) is 45.4 Å². The predicted octanol–water partition coefficient (Wildman–Crippen LogP) is 1.40. The number of carbonyl (C=O) groups is 1. The Hall–Kier alpha value is -1.75. The van der Waals surface area contributed by atoms with Gasteiger partial charge in [-0.15, -0.1) is 0 Å². The van der Waals surface area contributed by atoms with Crippen molar-refractivity contribution in [2.45, 2.75) is 19.4 Å². The molecule has 1 amide bonds. The maximum Gasteiger partial charge on any atom is 0.253 e. The molecule has 0 aliphatic heterocycles. The molecule has 0 aromatic heterocycles. The van der Waals surface area contributed by atoms with Crippen LogP contribution in [0.1, 0.15) is 24.2 Å². The standard InChI is InChI=1S/C15H26N4O/c1-15(2,19(5)6)10-17-14(20)12-9-11(16)7-8-13(12)18(3)4/h7-9H,10,16H2,1-6H3,(H,17,20). The maximum absolute atomic E-state index is 12.4. The Bertz CT molecular complexity index is 481. The van der Waals surface area contributed by atoms with Gasteiger partial charge in [0.15, 0.2) is 0 Å². The summed E-state index contributed by atoms with van der Waals surface area (Å²) in [5.41, 5.74) is 7.74. The number of likely N-dealkylation sites (N-methyl/N-ethyl adjacent to an activating group) is 1. The minimum atomic E-state index is -0.103. The molecule has 0 saturated carbocycles. The van der Waals surface area contributed by atoms with Gasteiger partial charge in [-0.05, 0) is 46.1 Å². The molecule has 5 heteroatoms. The largest absolute Gasteiger partial charge is 0.399 e. The van der Waals surface area contributed by atoms with Crippen molar-refractivity contribution in [3.63, 3.8) is 0 Å². The molecule has 0 aliphatic carbocycles. The van der Waals surface area contributed by atoms with Gasteiger partial charge >= 0.3 is 0 Å². The number of nitrogens with two attached hydrogens (primary N) is 1. The average Bonchev–Trinajstić information content (AvgIpc) is 2.35. The first kappa shape index (κ1) is 16.3. The van der Waals surface area contributed by atoms with Crippen LogP contribution < -0.4 is 16.0 Å². The number of carbonyl (C=O) groups excluding carboxylic acids is 1. The highest BCUT2D eigenvalue weighted by atomic mass is 16.1. The molecule has 0 atom stereocenters. The number of hydrogen-bond acceptors (Lipinski definition) is 4. The summed E-state index contributed by atoms with van der Waals surface area (Å²) in [6.45, 7) is 4.74. The molecule has 0 saturated heterocycles. The van der Waals surface area contributed by atoms with E-state index in [0.717, 1.165) is 5.69 Å². The summed E-state index contributed by atoms with van der Waals surface area (Å²) in [6.07, 6.45) is 0. The molecule has 0 aliphatic rings. The summed E-state index contributed by atoms with van der Waals surface area (Å²) in [5.74, 6) is -0.101. The van der Waals surface area contributed by atoms with Crippen LogP contribution in [0.25, 0.3) is 0 Å². The summed E-state index contributed by atoms with van der Waals surface area (Å²) in [6, 6.07) is 5.38. The van der Waals surface area contributed by atoms with E-state index in [1.807, 2.05) is 39.2 Å². The monoisotopic (exact) mass is 278 g/mol. The van der Waals surface area contributed by atoms with Gasteiger partial charge in [0.25, 0.3) is 5.91 Å². The normalized spacial score (nSPS) is 11.6. The van der Waals surface area contributed by atoms with Crippen molar-refractivity contribution in [2.24, 2.45) is 0 Å². The van der Waals surface area contributed by atoms with E-state index in [0.29, 0.717) is 17.8 Å². The lowest BCUT2D eigenvalue weighted by Gasteiger charge is -2.32. The van der Waals surface area contributed by atoms with Crippen LogP contribution in [0.4, 0.5) is 11.4 Å². The first-order valence-electron chi connectivity index (χ1n) is 6.67. The first-order chi connectivity index (χ1) is 9.15. The topological polar surface area (TPSA) is 61.6 Å². The van der Waals surface area contributed by atoms with Gasteiger partial charge in [0.1, 0.15) is 0 Å². The molecule has 0 unspecified atom stereocenters. The van der Waals surface area contributed by atoms with E-state index < -0.39 is 0 Å². The zero-order chi connectivity index (χ0) is 15.5. The first-order valence-corrected chi connectivity index (χ1v) is 6.67. The van der Waals surface area contributed by atoms with E-state index >= 15 is 0 Å². The molecular formula is C15H26N4O. The van der Waals surface area contributed by atoms with Crippen molar-refractivity contribution < 1.29 is 4.79 Å². The molecule has 0 bridgehead atoms. The summed E-state index contributed by atoms with van der Waals surface area (Å²) in [5, 5.41) is 2.98.